The zero-order chi connectivity index (χ0) is 22.6. The molecular weight excluding hydrogens is 452 g/mol. The number of ether oxygens (including phenoxy) is 1. The highest BCUT2D eigenvalue weighted by Crippen LogP contribution is 2.26. The van der Waals surface area contributed by atoms with Crippen LogP contribution in [-0.2, 0) is 19.6 Å². The van der Waals surface area contributed by atoms with Gasteiger partial charge in [0, 0.05) is 24.3 Å². The summed E-state index contributed by atoms with van der Waals surface area (Å²) >= 11 is 1.11. The van der Waals surface area contributed by atoms with Gasteiger partial charge < -0.3 is 14.5 Å². The fraction of sp³-hybridized carbons (Fsp3) is 0.286. The van der Waals surface area contributed by atoms with E-state index < -0.39 is 10.0 Å². The van der Waals surface area contributed by atoms with Crippen LogP contribution < -0.4 is 5.32 Å². The normalized spacial score (nSPS) is 14.9. The fourth-order valence-electron chi connectivity index (χ4n) is 3.07. The number of rotatable bonds is 7. The van der Waals surface area contributed by atoms with E-state index in [-0.39, 0.29) is 27.7 Å². The van der Waals surface area contributed by atoms with E-state index in [0.717, 1.165) is 17.3 Å². The zero-order valence-electron chi connectivity index (χ0n) is 17.4. The maximum Gasteiger partial charge on any atom is 0.277 e. The second-order valence-electron chi connectivity index (χ2n) is 7.12. The fourth-order valence-corrected chi connectivity index (χ4v) is 5.09. The predicted octanol–water partition coefficient (Wildman–Crippen LogP) is 2.80. The van der Waals surface area contributed by atoms with Crippen molar-refractivity contribution in [1.82, 2.24) is 14.5 Å². The minimum atomic E-state index is -3.63. The van der Waals surface area contributed by atoms with Crippen molar-refractivity contribution in [2.45, 2.75) is 17.0 Å². The summed E-state index contributed by atoms with van der Waals surface area (Å²) < 4.78 is 38.0. The minimum Gasteiger partial charge on any atom is -0.411 e. The molecule has 4 rings (SSSR count). The van der Waals surface area contributed by atoms with Crippen LogP contribution >= 0.6 is 11.8 Å². The van der Waals surface area contributed by atoms with Gasteiger partial charge in [-0.15, -0.1) is 10.2 Å². The molecule has 1 aromatic heterocycles. The molecule has 0 atom stereocenters. The number of carbonyl (C=O) groups excluding carboxylic acids is 1. The van der Waals surface area contributed by atoms with Crippen LogP contribution in [0.5, 0.6) is 0 Å². The van der Waals surface area contributed by atoms with Crippen LogP contribution in [0.3, 0.4) is 0 Å². The molecule has 11 heteroatoms. The maximum atomic E-state index is 12.9. The number of thioether (sulfide) groups is 1. The largest absolute Gasteiger partial charge is 0.411 e. The van der Waals surface area contributed by atoms with Crippen LogP contribution in [0.4, 0.5) is 5.69 Å². The summed E-state index contributed by atoms with van der Waals surface area (Å²) in [5, 5.41) is 11.0. The molecule has 0 spiro atoms. The minimum absolute atomic E-state index is 0.0982. The monoisotopic (exact) mass is 474 g/mol. The van der Waals surface area contributed by atoms with Gasteiger partial charge in [0.25, 0.3) is 5.22 Å². The van der Waals surface area contributed by atoms with Gasteiger partial charge in [0.2, 0.25) is 21.8 Å². The number of nitrogens with zero attached hydrogens (tertiary/aromatic N) is 3. The summed E-state index contributed by atoms with van der Waals surface area (Å²) in [7, 11) is -3.63. The molecule has 9 nitrogen and oxygen atoms in total. The molecule has 1 aliphatic heterocycles. The number of aryl methyl sites for hydroxylation is 1. The highest BCUT2D eigenvalue weighted by molar-refractivity contribution is 7.99. The molecule has 1 aliphatic rings. The van der Waals surface area contributed by atoms with E-state index in [1.54, 1.807) is 12.1 Å². The Hall–Kier alpha value is -2.73. The van der Waals surface area contributed by atoms with Crippen molar-refractivity contribution >= 4 is 33.4 Å². The molecule has 1 N–H and O–H groups in total. The highest BCUT2D eigenvalue weighted by atomic mass is 32.2. The maximum absolute atomic E-state index is 12.9. The SMILES string of the molecule is Cc1ccc(NC(=O)CSc2nnc(-c3cccc(S(=O)(=O)N4CCOCC4)c3)o2)cc1. The molecular formula is C21H22N4O5S2. The first-order valence-electron chi connectivity index (χ1n) is 9.93. The van der Waals surface area contributed by atoms with Gasteiger partial charge in [-0.25, -0.2) is 8.42 Å². The van der Waals surface area contributed by atoms with Crippen LogP contribution in [0.15, 0.2) is 63.1 Å². The molecule has 0 bridgehead atoms. The Labute approximate surface area is 190 Å². The first kappa shape index (κ1) is 22.5. The van der Waals surface area contributed by atoms with E-state index in [9.17, 15) is 13.2 Å². The number of anilines is 1. The topological polar surface area (TPSA) is 115 Å². The number of aromatic nitrogens is 2. The number of amides is 1. The lowest BCUT2D eigenvalue weighted by atomic mass is 10.2. The number of morpholine rings is 1. The Kier molecular flexibility index (Phi) is 6.89. The second kappa shape index (κ2) is 9.82. The van der Waals surface area contributed by atoms with Gasteiger partial charge in [-0.1, -0.05) is 35.5 Å². The summed E-state index contributed by atoms with van der Waals surface area (Å²) in [6.45, 7) is 3.36. The van der Waals surface area contributed by atoms with Crippen molar-refractivity contribution in [3.63, 3.8) is 0 Å². The van der Waals surface area contributed by atoms with Crippen molar-refractivity contribution in [1.29, 1.82) is 0 Å². The molecule has 2 aromatic carbocycles. The van der Waals surface area contributed by atoms with Gasteiger partial charge in [-0.2, -0.15) is 4.31 Å². The van der Waals surface area contributed by atoms with Crippen LogP contribution in [0.2, 0.25) is 0 Å². The van der Waals surface area contributed by atoms with Crippen LogP contribution in [0, 0.1) is 6.92 Å². The number of carbonyl (C=O) groups is 1. The number of sulfonamides is 1. The lowest BCUT2D eigenvalue weighted by molar-refractivity contribution is -0.113. The van der Waals surface area contributed by atoms with Crippen molar-refractivity contribution in [3.8, 4) is 11.5 Å². The quantitative estimate of drug-likeness (QED) is 0.520. The van der Waals surface area contributed by atoms with Gasteiger partial charge in [0.15, 0.2) is 0 Å². The van der Waals surface area contributed by atoms with E-state index in [4.69, 9.17) is 9.15 Å². The molecule has 0 unspecified atom stereocenters. The van der Waals surface area contributed by atoms with Crippen molar-refractivity contribution < 1.29 is 22.4 Å². The van der Waals surface area contributed by atoms with Crippen LogP contribution in [0.25, 0.3) is 11.5 Å². The summed E-state index contributed by atoms with van der Waals surface area (Å²) in [4.78, 5) is 12.3. The predicted molar refractivity (Wildman–Crippen MR) is 120 cm³/mol. The zero-order valence-corrected chi connectivity index (χ0v) is 19.0. The highest BCUT2D eigenvalue weighted by Gasteiger charge is 2.27. The molecule has 2 heterocycles. The number of nitrogens with one attached hydrogen (secondary N) is 1. The smallest absolute Gasteiger partial charge is 0.277 e. The van der Waals surface area contributed by atoms with Gasteiger partial charge in [0.1, 0.15) is 0 Å². The summed E-state index contributed by atoms with van der Waals surface area (Å²) in [5.74, 6) is 0.0868. The Morgan fingerprint density at radius 1 is 1.12 bits per heavy atom. The standard InChI is InChI=1S/C21H22N4O5S2/c1-15-5-7-17(8-6-15)22-19(26)14-31-21-24-23-20(30-21)16-3-2-4-18(13-16)32(27,28)25-9-11-29-12-10-25/h2-8,13H,9-12,14H2,1H3,(H,22,26). The number of hydrogen-bond donors (Lipinski definition) is 1. The Morgan fingerprint density at radius 3 is 2.62 bits per heavy atom. The molecule has 3 aromatic rings. The molecule has 32 heavy (non-hydrogen) atoms. The Morgan fingerprint density at radius 2 is 1.88 bits per heavy atom. The second-order valence-corrected chi connectivity index (χ2v) is 9.98. The van der Waals surface area contributed by atoms with E-state index in [1.165, 1.54) is 16.4 Å². The molecule has 0 aliphatic carbocycles. The number of benzene rings is 2. The average Bonchev–Trinajstić information content (AvgIpc) is 3.29. The van der Waals surface area contributed by atoms with Gasteiger partial charge >= 0.3 is 0 Å². The molecule has 0 radical (unpaired) electrons. The molecule has 1 amide bonds. The van der Waals surface area contributed by atoms with Gasteiger partial charge in [-0.3, -0.25) is 4.79 Å². The third-order valence-corrected chi connectivity index (χ3v) is 7.47. The molecule has 1 fully saturated rings. The third kappa shape index (κ3) is 5.36. The van der Waals surface area contributed by atoms with Crippen LogP contribution in [-0.4, -0.2) is 60.9 Å². The van der Waals surface area contributed by atoms with Gasteiger partial charge in [0.05, 0.1) is 23.9 Å². The lowest BCUT2D eigenvalue weighted by Gasteiger charge is -2.26. The summed E-state index contributed by atoms with van der Waals surface area (Å²) in [6.07, 6.45) is 0. The van der Waals surface area contributed by atoms with E-state index in [1.807, 2.05) is 31.2 Å². The van der Waals surface area contributed by atoms with E-state index in [2.05, 4.69) is 15.5 Å². The Balaban J connectivity index is 1.40. The van der Waals surface area contributed by atoms with Crippen molar-refractivity contribution in [2.24, 2.45) is 0 Å². The Bertz CT molecular complexity index is 1190. The van der Waals surface area contributed by atoms with E-state index >= 15 is 0 Å². The first-order chi connectivity index (χ1) is 15.4. The van der Waals surface area contributed by atoms with Crippen molar-refractivity contribution in [2.75, 3.05) is 37.4 Å². The molecule has 168 valence electrons. The molecule has 1 saturated heterocycles. The summed E-state index contributed by atoms with van der Waals surface area (Å²) in [6, 6.07) is 13.9. The summed E-state index contributed by atoms with van der Waals surface area (Å²) in [5.41, 5.74) is 2.31. The lowest BCUT2D eigenvalue weighted by Crippen LogP contribution is -2.40. The van der Waals surface area contributed by atoms with E-state index in [0.29, 0.717) is 37.6 Å². The number of hydrogen-bond acceptors (Lipinski definition) is 8. The van der Waals surface area contributed by atoms with Gasteiger partial charge in [-0.05, 0) is 37.3 Å². The first-order valence-corrected chi connectivity index (χ1v) is 12.4. The molecule has 0 saturated carbocycles. The van der Waals surface area contributed by atoms with Crippen molar-refractivity contribution in [3.05, 3.63) is 54.1 Å². The van der Waals surface area contributed by atoms with Crippen LogP contribution in [0.1, 0.15) is 5.56 Å². The third-order valence-electron chi connectivity index (χ3n) is 4.76. The average molecular weight is 475 g/mol.